The fourth-order valence-electron chi connectivity index (χ4n) is 4.90. The molecule has 2 unspecified atom stereocenters. The van der Waals surface area contributed by atoms with Crippen LogP contribution in [-0.4, -0.2) is 74.0 Å². The van der Waals surface area contributed by atoms with Gasteiger partial charge in [0.1, 0.15) is 12.0 Å². The summed E-state index contributed by atoms with van der Waals surface area (Å²) in [6.45, 7) is 3.22. The number of alkyl halides is 2. The SMILES string of the molecule is C[C@@H](CO)c1ccc(Nc2nccc(N3C[C@H]4CC[C@@H](C3)N4C(O)C3CC3(F)F)n2)cn1. The Morgan fingerprint density at radius 2 is 1.91 bits per heavy atom. The molecule has 2 aromatic heterocycles. The smallest absolute Gasteiger partial charge is 0.255 e. The Morgan fingerprint density at radius 3 is 2.50 bits per heavy atom. The molecule has 0 spiro atoms. The fourth-order valence-corrected chi connectivity index (χ4v) is 4.90. The number of halogens is 2. The third-order valence-corrected chi connectivity index (χ3v) is 6.86. The molecule has 3 N–H and O–H groups in total. The van der Waals surface area contributed by atoms with E-state index in [0.29, 0.717) is 19.0 Å². The highest BCUT2D eigenvalue weighted by Crippen LogP contribution is 2.53. The molecule has 0 radical (unpaired) electrons. The molecule has 3 fully saturated rings. The third-order valence-electron chi connectivity index (χ3n) is 6.86. The minimum absolute atomic E-state index is 0.0256. The van der Waals surface area contributed by atoms with Gasteiger partial charge in [-0.25, -0.2) is 13.8 Å². The first-order valence-corrected chi connectivity index (χ1v) is 11.1. The largest absolute Gasteiger partial charge is 0.396 e. The van der Waals surface area contributed by atoms with Gasteiger partial charge in [0.05, 0.1) is 24.4 Å². The van der Waals surface area contributed by atoms with Crippen molar-refractivity contribution < 1.29 is 19.0 Å². The van der Waals surface area contributed by atoms with E-state index in [9.17, 15) is 19.0 Å². The number of nitrogens with zero attached hydrogens (tertiary/aromatic N) is 5. The van der Waals surface area contributed by atoms with Gasteiger partial charge in [0.2, 0.25) is 5.95 Å². The standard InChI is InChI=1S/C22H28F2N6O2/c1-13(12-31)18-5-2-14(9-26-18)27-21-25-7-6-19(28-21)29-10-15-3-4-16(11-29)30(15)20(32)17-8-22(17,23)24/h2,5-7,9,13,15-17,20,31-32H,3-4,8,10-12H2,1H3,(H,25,27,28)/t13-,15-,16+,17?,20?/m0/s1. The van der Waals surface area contributed by atoms with Gasteiger partial charge in [0.25, 0.3) is 5.92 Å². The molecule has 1 aliphatic carbocycles. The van der Waals surface area contributed by atoms with Gasteiger partial charge in [0.15, 0.2) is 0 Å². The van der Waals surface area contributed by atoms with E-state index in [1.807, 2.05) is 30.0 Å². The molecule has 2 aliphatic heterocycles. The number of hydrogen-bond donors (Lipinski definition) is 3. The number of aliphatic hydroxyl groups excluding tert-OH is 2. The van der Waals surface area contributed by atoms with E-state index in [-0.39, 0.29) is 31.0 Å². The lowest BCUT2D eigenvalue weighted by Gasteiger charge is -2.43. The first-order valence-electron chi connectivity index (χ1n) is 11.1. The van der Waals surface area contributed by atoms with E-state index in [0.717, 1.165) is 30.0 Å². The van der Waals surface area contributed by atoms with E-state index in [1.54, 1.807) is 12.4 Å². The zero-order valence-corrected chi connectivity index (χ0v) is 17.9. The molecule has 0 aromatic carbocycles. The van der Waals surface area contributed by atoms with Crippen molar-refractivity contribution in [2.24, 2.45) is 5.92 Å². The van der Waals surface area contributed by atoms with Crippen LogP contribution in [0, 0.1) is 5.92 Å². The number of aliphatic hydroxyl groups is 2. The van der Waals surface area contributed by atoms with Gasteiger partial charge in [-0.3, -0.25) is 9.88 Å². The van der Waals surface area contributed by atoms with Gasteiger partial charge in [-0.2, -0.15) is 4.98 Å². The molecule has 10 heteroatoms. The van der Waals surface area contributed by atoms with Gasteiger partial charge in [-0.1, -0.05) is 6.92 Å². The molecule has 5 atom stereocenters. The molecular weight excluding hydrogens is 418 g/mol. The maximum Gasteiger partial charge on any atom is 0.255 e. The summed E-state index contributed by atoms with van der Waals surface area (Å²) in [6, 6.07) is 5.65. The Hall–Kier alpha value is -2.43. The second-order valence-electron chi connectivity index (χ2n) is 9.14. The summed E-state index contributed by atoms with van der Waals surface area (Å²) in [5.41, 5.74) is 1.56. The first-order chi connectivity index (χ1) is 15.4. The highest BCUT2D eigenvalue weighted by atomic mass is 19.3. The van der Waals surface area contributed by atoms with Gasteiger partial charge in [-0.15, -0.1) is 0 Å². The molecule has 3 aliphatic rings. The lowest BCUT2D eigenvalue weighted by Crippen LogP contribution is -2.58. The molecule has 2 aromatic rings. The highest BCUT2D eigenvalue weighted by Gasteiger charge is 2.63. The van der Waals surface area contributed by atoms with E-state index in [4.69, 9.17) is 0 Å². The number of aromatic nitrogens is 3. The maximum absolute atomic E-state index is 13.5. The van der Waals surface area contributed by atoms with Crippen LogP contribution in [0.4, 0.5) is 26.2 Å². The van der Waals surface area contributed by atoms with Crippen LogP contribution in [0.5, 0.6) is 0 Å². The van der Waals surface area contributed by atoms with Gasteiger partial charge >= 0.3 is 0 Å². The quantitative estimate of drug-likeness (QED) is 0.596. The Kier molecular flexibility index (Phi) is 5.47. The summed E-state index contributed by atoms with van der Waals surface area (Å²) in [6.07, 6.45) is 3.85. The van der Waals surface area contributed by atoms with Crippen LogP contribution in [0.1, 0.15) is 37.8 Å². The summed E-state index contributed by atoms with van der Waals surface area (Å²) >= 11 is 0. The molecule has 32 heavy (non-hydrogen) atoms. The van der Waals surface area contributed by atoms with Crippen LogP contribution >= 0.6 is 0 Å². The monoisotopic (exact) mass is 446 g/mol. The highest BCUT2D eigenvalue weighted by molar-refractivity contribution is 5.54. The molecule has 2 saturated heterocycles. The summed E-state index contributed by atoms with van der Waals surface area (Å²) < 4.78 is 27.0. The number of nitrogens with one attached hydrogen (secondary N) is 1. The normalized spacial score (nSPS) is 28.4. The molecule has 172 valence electrons. The minimum Gasteiger partial charge on any atom is -0.396 e. The van der Waals surface area contributed by atoms with Crippen molar-refractivity contribution in [2.45, 2.75) is 56.3 Å². The predicted octanol–water partition coefficient (Wildman–Crippen LogP) is 2.34. The van der Waals surface area contributed by atoms with Crippen LogP contribution in [0.25, 0.3) is 0 Å². The van der Waals surface area contributed by atoms with Crippen molar-refractivity contribution in [1.82, 2.24) is 19.9 Å². The Balaban J connectivity index is 1.25. The Morgan fingerprint density at radius 1 is 1.19 bits per heavy atom. The molecule has 4 heterocycles. The number of piperazine rings is 1. The van der Waals surface area contributed by atoms with Crippen LogP contribution < -0.4 is 10.2 Å². The van der Waals surface area contributed by atoms with Crippen LogP contribution in [0.2, 0.25) is 0 Å². The summed E-state index contributed by atoms with van der Waals surface area (Å²) in [5.74, 6) is -2.48. The topological polar surface area (TPSA) is 97.6 Å². The summed E-state index contributed by atoms with van der Waals surface area (Å²) in [4.78, 5) is 17.4. The molecule has 0 amide bonds. The maximum atomic E-state index is 13.5. The predicted molar refractivity (Wildman–Crippen MR) is 115 cm³/mol. The van der Waals surface area contributed by atoms with Crippen molar-refractivity contribution in [3.8, 4) is 0 Å². The number of hydrogen-bond acceptors (Lipinski definition) is 8. The number of pyridine rings is 1. The van der Waals surface area contributed by atoms with Crippen molar-refractivity contribution in [2.75, 3.05) is 29.9 Å². The third kappa shape index (κ3) is 4.02. The lowest BCUT2D eigenvalue weighted by atomic mass is 10.1. The average Bonchev–Trinajstić information content (AvgIpc) is 3.36. The summed E-state index contributed by atoms with van der Waals surface area (Å²) in [5, 5.41) is 23.0. The van der Waals surface area contributed by atoms with Gasteiger partial charge in [-0.05, 0) is 31.0 Å². The zero-order valence-electron chi connectivity index (χ0n) is 17.9. The Labute approximate surface area is 185 Å². The van der Waals surface area contributed by atoms with Crippen molar-refractivity contribution in [3.63, 3.8) is 0 Å². The Bertz CT molecular complexity index is 948. The molecular formula is C22H28F2N6O2. The van der Waals surface area contributed by atoms with Crippen molar-refractivity contribution in [3.05, 3.63) is 36.3 Å². The minimum atomic E-state index is -2.73. The second-order valence-corrected chi connectivity index (χ2v) is 9.14. The fraction of sp³-hybridized carbons (Fsp3) is 0.591. The molecule has 8 nitrogen and oxygen atoms in total. The van der Waals surface area contributed by atoms with E-state index in [2.05, 4.69) is 25.2 Å². The second kappa shape index (κ2) is 8.17. The number of fused-ring (bicyclic) bond motifs is 2. The first kappa shape index (κ1) is 21.4. The molecule has 2 bridgehead atoms. The summed E-state index contributed by atoms with van der Waals surface area (Å²) in [7, 11) is 0. The van der Waals surface area contributed by atoms with E-state index < -0.39 is 18.1 Å². The number of anilines is 3. The van der Waals surface area contributed by atoms with Crippen molar-refractivity contribution in [1.29, 1.82) is 0 Å². The molecule has 5 rings (SSSR count). The average molecular weight is 447 g/mol. The van der Waals surface area contributed by atoms with Gasteiger partial charge < -0.3 is 20.4 Å². The van der Waals surface area contributed by atoms with E-state index >= 15 is 0 Å². The molecule has 1 saturated carbocycles. The van der Waals surface area contributed by atoms with Gasteiger partial charge in [0, 0.05) is 49.4 Å². The van der Waals surface area contributed by atoms with Crippen LogP contribution in [0.15, 0.2) is 30.6 Å². The number of rotatable bonds is 7. The van der Waals surface area contributed by atoms with Crippen LogP contribution in [0.3, 0.4) is 0 Å². The van der Waals surface area contributed by atoms with Crippen LogP contribution in [-0.2, 0) is 0 Å². The lowest BCUT2D eigenvalue weighted by molar-refractivity contribution is -0.0734. The van der Waals surface area contributed by atoms with Crippen molar-refractivity contribution >= 4 is 17.5 Å². The van der Waals surface area contributed by atoms with E-state index in [1.165, 1.54) is 0 Å². The zero-order chi connectivity index (χ0) is 22.5.